The lowest BCUT2D eigenvalue weighted by Gasteiger charge is -2.37. The molecule has 1 fully saturated rings. The minimum atomic E-state index is -3.67. The number of methoxy groups -OCH3 is 1. The highest BCUT2D eigenvalue weighted by molar-refractivity contribution is 7.89. The molecule has 0 saturated carbocycles. The van der Waals surface area contributed by atoms with Crippen molar-refractivity contribution in [3.05, 3.63) is 84.1 Å². The number of piperidine rings is 1. The number of ether oxygens (including phenoxy) is 1. The van der Waals surface area contributed by atoms with Crippen molar-refractivity contribution in [1.29, 1.82) is 0 Å². The van der Waals surface area contributed by atoms with Gasteiger partial charge in [0.15, 0.2) is 0 Å². The molecular formula is C25H30N2O3S. The maximum atomic E-state index is 13.9. The van der Waals surface area contributed by atoms with Crippen LogP contribution >= 0.6 is 0 Å². The first-order chi connectivity index (χ1) is 15.1. The predicted octanol–water partition coefficient (Wildman–Crippen LogP) is 4.06. The maximum Gasteiger partial charge on any atom is 0.243 e. The molecule has 1 N–H and O–H groups in total. The highest BCUT2D eigenvalue weighted by Crippen LogP contribution is 2.35. The lowest BCUT2D eigenvalue weighted by atomic mass is 9.90. The minimum Gasteiger partial charge on any atom is -0.497 e. The second-order valence-corrected chi connectivity index (χ2v) is 10.0. The monoisotopic (exact) mass is 438 g/mol. The number of rotatable bonds is 7. The Kier molecular flexibility index (Phi) is 6.90. The molecule has 1 aliphatic heterocycles. The fraction of sp³-hybridized carbons (Fsp3) is 0.360. The normalized spacial score (nSPS) is 22.0. The molecule has 0 amide bonds. The van der Waals surface area contributed by atoms with Gasteiger partial charge >= 0.3 is 0 Å². The van der Waals surface area contributed by atoms with Gasteiger partial charge in [0.25, 0.3) is 0 Å². The summed E-state index contributed by atoms with van der Waals surface area (Å²) >= 11 is 0. The highest BCUT2D eigenvalue weighted by atomic mass is 32.2. The molecule has 1 aliphatic carbocycles. The van der Waals surface area contributed by atoms with Gasteiger partial charge in [-0.25, -0.2) is 8.42 Å². The van der Waals surface area contributed by atoms with Gasteiger partial charge in [0.1, 0.15) is 5.76 Å². The molecule has 2 aliphatic rings. The number of benzene rings is 2. The molecule has 6 heteroatoms. The van der Waals surface area contributed by atoms with E-state index in [2.05, 4.69) is 5.32 Å². The van der Waals surface area contributed by atoms with Gasteiger partial charge in [0, 0.05) is 6.54 Å². The predicted molar refractivity (Wildman–Crippen MR) is 124 cm³/mol. The van der Waals surface area contributed by atoms with Crippen molar-refractivity contribution in [2.24, 2.45) is 5.92 Å². The summed E-state index contributed by atoms with van der Waals surface area (Å²) < 4.78 is 34.9. The molecule has 0 aromatic heterocycles. The van der Waals surface area contributed by atoms with E-state index in [0.29, 0.717) is 17.9 Å². The van der Waals surface area contributed by atoms with Crippen LogP contribution in [0.15, 0.2) is 83.5 Å². The van der Waals surface area contributed by atoms with Crippen molar-refractivity contribution >= 4 is 15.6 Å². The summed E-state index contributed by atoms with van der Waals surface area (Å²) in [5.74, 6) is 1.06. The van der Waals surface area contributed by atoms with Crippen LogP contribution in [0.3, 0.4) is 0 Å². The van der Waals surface area contributed by atoms with Gasteiger partial charge in [-0.05, 0) is 73.7 Å². The molecule has 2 atom stereocenters. The summed E-state index contributed by atoms with van der Waals surface area (Å²) in [5, 5.41) is 3.43. The second kappa shape index (κ2) is 9.81. The fourth-order valence-corrected chi connectivity index (χ4v) is 6.15. The van der Waals surface area contributed by atoms with E-state index in [9.17, 15) is 8.42 Å². The third-order valence-corrected chi connectivity index (χ3v) is 7.97. The van der Waals surface area contributed by atoms with Crippen LogP contribution in [0.2, 0.25) is 0 Å². The Labute approximate surface area is 185 Å². The summed E-state index contributed by atoms with van der Waals surface area (Å²) in [5.41, 5.74) is 1.99. The quantitative estimate of drug-likeness (QED) is 0.708. The molecule has 1 saturated heterocycles. The van der Waals surface area contributed by atoms with E-state index < -0.39 is 10.0 Å². The maximum absolute atomic E-state index is 13.9. The Morgan fingerprint density at radius 3 is 2.42 bits per heavy atom. The molecule has 31 heavy (non-hydrogen) atoms. The molecule has 2 aromatic carbocycles. The number of hydrogen-bond donors (Lipinski definition) is 1. The number of nitrogens with one attached hydrogen (secondary N) is 1. The summed E-state index contributed by atoms with van der Waals surface area (Å²) in [4.78, 5) is 0.340. The smallest absolute Gasteiger partial charge is 0.243 e. The Balaban J connectivity index is 1.76. The zero-order valence-corrected chi connectivity index (χ0v) is 18.7. The topological polar surface area (TPSA) is 58.6 Å². The van der Waals surface area contributed by atoms with Crippen LogP contribution in [-0.2, 0) is 14.8 Å². The SMILES string of the molecule is COC1=CCC(N(CC2CCCNC2)S(=O)(=O)c2ccccc2)C(c2ccccc2)=C1. The molecule has 4 rings (SSSR count). The van der Waals surface area contributed by atoms with E-state index in [1.54, 1.807) is 35.7 Å². The average molecular weight is 439 g/mol. The summed E-state index contributed by atoms with van der Waals surface area (Å²) in [6.45, 7) is 2.34. The van der Waals surface area contributed by atoms with E-state index >= 15 is 0 Å². The Morgan fingerprint density at radius 2 is 1.77 bits per heavy atom. The molecule has 164 valence electrons. The zero-order valence-electron chi connectivity index (χ0n) is 17.9. The van der Waals surface area contributed by atoms with Crippen LogP contribution in [0.4, 0.5) is 0 Å². The van der Waals surface area contributed by atoms with Crippen molar-refractivity contribution in [3.8, 4) is 0 Å². The van der Waals surface area contributed by atoms with E-state index in [1.807, 2.05) is 48.6 Å². The van der Waals surface area contributed by atoms with Crippen LogP contribution in [0.5, 0.6) is 0 Å². The number of hydrogen-bond acceptors (Lipinski definition) is 4. The Morgan fingerprint density at radius 1 is 1.06 bits per heavy atom. The summed E-state index contributed by atoms with van der Waals surface area (Å²) in [7, 11) is -2.02. The summed E-state index contributed by atoms with van der Waals surface area (Å²) in [6, 6.07) is 18.5. The Hall–Kier alpha value is -2.41. The van der Waals surface area contributed by atoms with Gasteiger partial charge < -0.3 is 10.1 Å². The van der Waals surface area contributed by atoms with Gasteiger partial charge in [-0.2, -0.15) is 4.31 Å². The largest absolute Gasteiger partial charge is 0.497 e. The van der Waals surface area contributed by atoms with E-state index in [1.165, 1.54) is 0 Å². The van der Waals surface area contributed by atoms with Crippen molar-refractivity contribution in [1.82, 2.24) is 9.62 Å². The Bertz CT molecular complexity index is 1030. The van der Waals surface area contributed by atoms with Gasteiger partial charge in [0.05, 0.1) is 18.0 Å². The third kappa shape index (κ3) is 4.92. The van der Waals surface area contributed by atoms with Gasteiger partial charge in [-0.3, -0.25) is 0 Å². The lowest BCUT2D eigenvalue weighted by Crippen LogP contribution is -2.46. The molecule has 5 nitrogen and oxygen atoms in total. The van der Waals surface area contributed by atoms with Crippen LogP contribution in [0.25, 0.3) is 5.57 Å². The number of nitrogens with zero attached hydrogens (tertiary/aromatic N) is 1. The third-order valence-electron chi connectivity index (χ3n) is 6.08. The van der Waals surface area contributed by atoms with E-state index in [0.717, 1.165) is 42.8 Å². The van der Waals surface area contributed by atoms with Crippen molar-refractivity contribution < 1.29 is 13.2 Å². The van der Waals surface area contributed by atoms with Crippen LogP contribution < -0.4 is 5.32 Å². The minimum absolute atomic E-state index is 0.284. The molecule has 0 spiro atoms. The highest BCUT2D eigenvalue weighted by Gasteiger charge is 2.36. The first-order valence-corrected chi connectivity index (χ1v) is 12.3. The van der Waals surface area contributed by atoms with Crippen LogP contribution in [0.1, 0.15) is 24.8 Å². The van der Waals surface area contributed by atoms with Crippen LogP contribution in [-0.4, -0.2) is 45.5 Å². The number of allylic oxidation sites excluding steroid dienone is 1. The van der Waals surface area contributed by atoms with Crippen molar-refractivity contribution in [2.45, 2.75) is 30.2 Å². The molecule has 0 bridgehead atoms. The fourth-order valence-electron chi connectivity index (χ4n) is 4.44. The van der Waals surface area contributed by atoms with Gasteiger partial charge in [0.2, 0.25) is 10.0 Å². The molecule has 1 heterocycles. The summed E-state index contributed by atoms with van der Waals surface area (Å²) in [6.07, 6.45) is 6.66. The second-order valence-electron chi connectivity index (χ2n) is 8.13. The first kappa shape index (κ1) is 21.8. The van der Waals surface area contributed by atoms with Crippen molar-refractivity contribution in [3.63, 3.8) is 0 Å². The molecular weight excluding hydrogens is 408 g/mol. The van der Waals surface area contributed by atoms with Gasteiger partial charge in [-0.1, -0.05) is 48.5 Å². The van der Waals surface area contributed by atoms with E-state index in [-0.39, 0.29) is 12.0 Å². The molecule has 0 radical (unpaired) electrons. The standard InChI is InChI=1S/C25H30N2O3S/c1-30-22-14-15-25(24(17-22)21-10-4-2-5-11-21)27(19-20-9-8-16-26-18-20)31(28,29)23-12-6-3-7-13-23/h2-7,10-14,17,20,25-26H,8-9,15-16,18-19H2,1H3. The number of sulfonamides is 1. The molecule has 2 aromatic rings. The van der Waals surface area contributed by atoms with Crippen molar-refractivity contribution in [2.75, 3.05) is 26.7 Å². The molecule has 2 unspecified atom stereocenters. The zero-order chi connectivity index (χ0) is 21.7. The van der Waals surface area contributed by atoms with E-state index in [4.69, 9.17) is 4.74 Å². The first-order valence-electron chi connectivity index (χ1n) is 10.9. The lowest BCUT2D eigenvalue weighted by molar-refractivity contribution is 0.264. The van der Waals surface area contributed by atoms with Crippen LogP contribution in [0, 0.1) is 5.92 Å². The average Bonchev–Trinajstić information content (AvgIpc) is 2.84. The van der Waals surface area contributed by atoms with Gasteiger partial charge in [-0.15, -0.1) is 0 Å².